The summed E-state index contributed by atoms with van der Waals surface area (Å²) in [6, 6.07) is 0. The van der Waals surface area contributed by atoms with Crippen LogP contribution in [0.5, 0.6) is 0 Å². The Labute approximate surface area is 95.2 Å². The lowest BCUT2D eigenvalue weighted by atomic mass is 10.0. The summed E-state index contributed by atoms with van der Waals surface area (Å²) in [6.45, 7) is 3.63. The van der Waals surface area contributed by atoms with Crippen molar-refractivity contribution in [1.29, 1.82) is 0 Å². The van der Waals surface area contributed by atoms with Crippen LogP contribution in [0.15, 0.2) is 6.20 Å². The van der Waals surface area contributed by atoms with E-state index in [0.717, 1.165) is 44.0 Å². The van der Waals surface area contributed by atoms with E-state index in [1.807, 2.05) is 6.20 Å². The van der Waals surface area contributed by atoms with Gasteiger partial charge in [-0.25, -0.2) is 9.97 Å². The second-order valence-electron chi connectivity index (χ2n) is 5.08. The van der Waals surface area contributed by atoms with Gasteiger partial charge in [0.25, 0.3) is 0 Å². The molecular weight excluding hydrogens is 202 g/mol. The summed E-state index contributed by atoms with van der Waals surface area (Å²) >= 11 is 0. The number of fused-ring (bicyclic) bond motifs is 1. The maximum atomic E-state index is 6.24. The van der Waals surface area contributed by atoms with E-state index >= 15 is 0 Å². The molecule has 2 aliphatic rings. The molecule has 3 rings (SSSR count). The SMILES string of the molecule is CC1(N)CCc2cnc(C3CCOC3)nc21. The zero-order valence-corrected chi connectivity index (χ0v) is 9.57. The molecule has 1 aromatic heterocycles. The smallest absolute Gasteiger partial charge is 0.134 e. The Bertz CT molecular complexity index is 411. The summed E-state index contributed by atoms with van der Waals surface area (Å²) in [5.41, 5.74) is 8.23. The Kier molecular flexibility index (Phi) is 2.23. The molecule has 0 amide bonds. The molecule has 86 valence electrons. The molecule has 1 fully saturated rings. The van der Waals surface area contributed by atoms with Crippen molar-refractivity contribution in [2.24, 2.45) is 5.73 Å². The maximum absolute atomic E-state index is 6.24. The van der Waals surface area contributed by atoms with Gasteiger partial charge in [0.15, 0.2) is 0 Å². The summed E-state index contributed by atoms with van der Waals surface area (Å²) in [5.74, 6) is 1.27. The first-order valence-electron chi connectivity index (χ1n) is 5.90. The molecule has 0 bridgehead atoms. The van der Waals surface area contributed by atoms with Crippen molar-refractivity contribution in [3.05, 3.63) is 23.3 Å². The number of hydrogen-bond donors (Lipinski definition) is 1. The number of hydrogen-bond acceptors (Lipinski definition) is 4. The standard InChI is InChI=1S/C12H17N3O/c1-12(13)4-2-8-6-14-11(15-10(8)12)9-3-5-16-7-9/h6,9H,2-5,7,13H2,1H3. The quantitative estimate of drug-likeness (QED) is 0.768. The van der Waals surface area contributed by atoms with Crippen molar-refractivity contribution in [2.75, 3.05) is 13.2 Å². The molecule has 0 saturated carbocycles. The molecule has 2 atom stereocenters. The second-order valence-corrected chi connectivity index (χ2v) is 5.08. The van der Waals surface area contributed by atoms with Crippen LogP contribution in [0.1, 0.15) is 42.8 Å². The van der Waals surface area contributed by atoms with E-state index in [4.69, 9.17) is 10.5 Å². The Morgan fingerprint density at radius 1 is 1.56 bits per heavy atom. The highest BCUT2D eigenvalue weighted by molar-refractivity contribution is 5.31. The highest BCUT2D eigenvalue weighted by Gasteiger charge is 2.33. The molecule has 0 aromatic carbocycles. The monoisotopic (exact) mass is 219 g/mol. The average Bonchev–Trinajstić information content (AvgIpc) is 2.87. The first-order valence-corrected chi connectivity index (χ1v) is 5.90. The van der Waals surface area contributed by atoms with Gasteiger partial charge >= 0.3 is 0 Å². The van der Waals surface area contributed by atoms with Crippen LogP contribution in [-0.2, 0) is 16.7 Å². The molecule has 1 aliphatic heterocycles. The maximum Gasteiger partial charge on any atom is 0.134 e. The molecule has 1 aromatic rings. The molecule has 2 heterocycles. The van der Waals surface area contributed by atoms with Gasteiger partial charge in [0.1, 0.15) is 5.82 Å². The summed E-state index contributed by atoms with van der Waals surface area (Å²) in [4.78, 5) is 9.12. The van der Waals surface area contributed by atoms with Crippen LogP contribution in [-0.4, -0.2) is 23.2 Å². The third kappa shape index (κ3) is 1.53. The van der Waals surface area contributed by atoms with Gasteiger partial charge in [-0.05, 0) is 31.7 Å². The Balaban J connectivity index is 1.98. The molecule has 4 heteroatoms. The first-order chi connectivity index (χ1) is 7.67. The van der Waals surface area contributed by atoms with Gasteiger partial charge < -0.3 is 10.5 Å². The minimum atomic E-state index is -0.271. The molecular formula is C12H17N3O. The molecule has 0 spiro atoms. The van der Waals surface area contributed by atoms with Crippen LogP contribution < -0.4 is 5.73 Å². The largest absolute Gasteiger partial charge is 0.381 e. The molecule has 1 saturated heterocycles. The number of rotatable bonds is 1. The van der Waals surface area contributed by atoms with E-state index < -0.39 is 0 Å². The lowest BCUT2D eigenvalue weighted by Crippen LogP contribution is -2.31. The molecule has 4 nitrogen and oxygen atoms in total. The third-order valence-corrected chi connectivity index (χ3v) is 3.63. The van der Waals surface area contributed by atoms with Crippen molar-refractivity contribution in [3.8, 4) is 0 Å². The van der Waals surface area contributed by atoms with Gasteiger partial charge in [0.05, 0.1) is 17.8 Å². The van der Waals surface area contributed by atoms with Crippen LogP contribution in [0, 0.1) is 0 Å². The summed E-state index contributed by atoms with van der Waals surface area (Å²) in [7, 11) is 0. The Morgan fingerprint density at radius 3 is 3.19 bits per heavy atom. The number of nitrogens with two attached hydrogens (primary N) is 1. The zero-order valence-electron chi connectivity index (χ0n) is 9.57. The van der Waals surface area contributed by atoms with Crippen LogP contribution in [0.4, 0.5) is 0 Å². The highest BCUT2D eigenvalue weighted by Crippen LogP contribution is 2.33. The fourth-order valence-corrected chi connectivity index (χ4v) is 2.55. The van der Waals surface area contributed by atoms with Gasteiger partial charge in [-0.15, -0.1) is 0 Å². The van der Waals surface area contributed by atoms with Crippen LogP contribution >= 0.6 is 0 Å². The minimum absolute atomic E-state index is 0.271. The van der Waals surface area contributed by atoms with Crippen molar-refractivity contribution in [1.82, 2.24) is 9.97 Å². The number of nitrogens with zero attached hydrogens (tertiary/aromatic N) is 2. The zero-order chi connectivity index (χ0) is 11.2. The molecule has 2 N–H and O–H groups in total. The lowest BCUT2D eigenvalue weighted by Gasteiger charge is -2.18. The predicted octanol–water partition coefficient (Wildman–Crippen LogP) is 1.10. The normalized spacial score (nSPS) is 33.0. The fraction of sp³-hybridized carbons (Fsp3) is 0.667. The minimum Gasteiger partial charge on any atom is -0.381 e. The Morgan fingerprint density at radius 2 is 2.44 bits per heavy atom. The molecule has 0 radical (unpaired) electrons. The average molecular weight is 219 g/mol. The summed E-state index contributed by atoms with van der Waals surface area (Å²) in [6.07, 6.45) is 4.96. The molecule has 1 aliphatic carbocycles. The highest BCUT2D eigenvalue weighted by atomic mass is 16.5. The third-order valence-electron chi connectivity index (χ3n) is 3.63. The predicted molar refractivity (Wildman–Crippen MR) is 60.1 cm³/mol. The van der Waals surface area contributed by atoms with E-state index in [1.165, 1.54) is 5.56 Å². The van der Waals surface area contributed by atoms with Crippen LogP contribution in [0.3, 0.4) is 0 Å². The second kappa shape index (κ2) is 3.50. The van der Waals surface area contributed by atoms with Gasteiger partial charge in [0.2, 0.25) is 0 Å². The van der Waals surface area contributed by atoms with E-state index in [2.05, 4.69) is 16.9 Å². The van der Waals surface area contributed by atoms with Crippen molar-refractivity contribution >= 4 is 0 Å². The van der Waals surface area contributed by atoms with Gasteiger partial charge in [-0.1, -0.05) is 0 Å². The van der Waals surface area contributed by atoms with Crippen molar-refractivity contribution in [3.63, 3.8) is 0 Å². The topological polar surface area (TPSA) is 61.0 Å². The number of aromatic nitrogens is 2. The van der Waals surface area contributed by atoms with Crippen molar-refractivity contribution in [2.45, 2.75) is 37.6 Å². The Hall–Kier alpha value is -1.00. The summed E-state index contributed by atoms with van der Waals surface area (Å²) in [5, 5.41) is 0. The van der Waals surface area contributed by atoms with Crippen LogP contribution in [0.2, 0.25) is 0 Å². The lowest BCUT2D eigenvalue weighted by molar-refractivity contribution is 0.193. The van der Waals surface area contributed by atoms with Crippen LogP contribution in [0.25, 0.3) is 0 Å². The van der Waals surface area contributed by atoms with Gasteiger partial charge in [0, 0.05) is 18.7 Å². The molecule has 2 unspecified atom stereocenters. The van der Waals surface area contributed by atoms with Gasteiger partial charge in [-0.2, -0.15) is 0 Å². The number of ether oxygens (including phenoxy) is 1. The number of aryl methyl sites for hydroxylation is 1. The summed E-state index contributed by atoms with van der Waals surface area (Å²) < 4.78 is 5.37. The van der Waals surface area contributed by atoms with E-state index in [0.29, 0.717) is 5.92 Å². The first kappa shape index (κ1) is 10.2. The molecule has 16 heavy (non-hydrogen) atoms. The van der Waals surface area contributed by atoms with E-state index in [9.17, 15) is 0 Å². The van der Waals surface area contributed by atoms with Crippen molar-refractivity contribution < 1.29 is 4.74 Å². The van der Waals surface area contributed by atoms with Gasteiger partial charge in [-0.3, -0.25) is 0 Å². The van der Waals surface area contributed by atoms with E-state index in [1.54, 1.807) is 0 Å². The fourth-order valence-electron chi connectivity index (χ4n) is 2.55. The van der Waals surface area contributed by atoms with E-state index in [-0.39, 0.29) is 5.54 Å².